The Kier molecular flexibility index (Phi) is 8.87. The summed E-state index contributed by atoms with van der Waals surface area (Å²) in [6, 6.07) is 6.16. The monoisotopic (exact) mass is 426 g/mol. The predicted molar refractivity (Wildman–Crippen MR) is 109 cm³/mol. The number of hydrogen-bond acceptors (Lipinski definition) is 5. The van der Waals surface area contributed by atoms with Crippen molar-refractivity contribution in [1.82, 2.24) is 20.3 Å². The molecule has 1 aliphatic rings. The van der Waals surface area contributed by atoms with Gasteiger partial charge in [0.05, 0.1) is 18.1 Å². The van der Waals surface area contributed by atoms with Crippen molar-refractivity contribution in [3.63, 3.8) is 0 Å². The molecule has 1 aliphatic heterocycles. The summed E-state index contributed by atoms with van der Waals surface area (Å²) in [5.74, 6) is -0.100. The normalized spacial score (nSPS) is 16.1. The minimum atomic E-state index is -3.53. The molecule has 9 nitrogen and oxygen atoms in total. The number of nitrogens with zero attached hydrogens (tertiary/aromatic N) is 1. The number of ether oxygens (including phenoxy) is 1. The number of urea groups is 1. The van der Waals surface area contributed by atoms with Crippen LogP contribution in [-0.4, -0.2) is 63.6 Å². The number of sulfonamides is 1. The SMILES string of the molecule is CCC(C)NC(=O)CCNC(=O)NCc1ccc(S(=O)(=O)N2CCOCC2)cc1. The molecule has 0 saturated carbocycles. The predicted octanol–water partition coefficient (Wildman–Crippen LogP) is 0.812. The average molecular weight is 427 g/mol. The van der Waals surface area contributed by atoms with Crippen LogP contribution in [0.2, 0.25) is 0 Å². The van der Waals surface area contributed by atoms with Gasteiger partial charge in [-0.1, -0.05) is 19.1 Å². The van der Waals surface area contributed by atoms with Gasteiger partial charge in [-0.3, -0.25) is 4.79 Å². The zero-order valence-electron chi connectivity index (χ0n) is 16.9. The van der Waals surface area contributed by atoms with Crippen LogP contribution in [0.4, 0.5) is 4.79 Å². The van der Waals surface area contributed by atoms with E-state index in [2.05, 4.69) is 16.0 Å². The summed E-state index contributed by atoms with van der Waals surface area (Å²) in [5, 5.41) is 8.15. The Labute approximate surface area is 172 Å². The molecule has 2 rings (SSSR count). The van der Waals surface area contributed by atoms with Crippen molar-refractivity contribution in [2.24, 2.45) is 0 Å². The minimum Gasteiger partial charge on any atom is -0.379 e. The van der Waals surface area contributed by atoms with E-state index in [1.54, 1.807) is 24.3 Å². The summed E-state index contributed by atoms with van der Waals surface area (Å²) in [6.07, 6.45) is 1.07. The Morgan fingerprint density at radius 1 is 1.14 bits per heavy atom. The van der Waals surface area contributed by atoms with E-state index < -0.39 is 10.0 Å². The van der Waals surface area contributed by atoms with Crippen LogP contribution in [0.15, 0.2) is 29.2 Å². The van der Waals surface area contributed by atoms with E-state index in [-0.39, 0.29) is 42.4 Å². The maximum atomic E-state index is 12.6. The standard InChI is InChI=1S/C19H30N4O5S/c1-3-15(2)22-18(24)8-9-20-19(25)21-14-16-4-6-17(7-5-16)29(26,27)23-10-12-28-13-11-23/h4-7,15H,3,8-14H2,1-2H3,(H,22,24)(H2,20,21,25). The number of benzene rings is 1. The molecule has 0 aromatic heterocycles. The molecular formula is C19H30N4O5S. The van der Waals surface area contributed by atoms with E-state index in [0.29, 0.717) is 26.3 Å². The van der Waals surface area contributed by atoms with Crippen molar-refractivity contribution in [2.75, 3.05) is 32.8 Å². The van der Waals surface area contributed by atoms with Gasteiger partial charge in [0, 0.05) is 38.6 Å². The number of amides is 3. The van der Waals surface area contributed by atoms with Gasteiger partial charge in [0.1, 0.15) is 0 Å². The van der Waals surface area contributed by atoms with Crippen LogP contribution >= 0.6 is 0 Å². The molecule has 1 unspecified atom stereocenters. The van der Waals surface area contributed by atoms with Gasteiger partial charge in [0.2, 0.25) is 15.9 Å². The van der Waals surface area contributed by atoms with Crippen molar-refractivity contribution in [1.29, 1.82) is 0 Å². The van der Waals surface area contributed by atoms with E-state index >= 15 is 0 Å². The molecule has 0 spiro atoms. The highest BCUT2D eigenvalue weighted by Crippen LogP contribution is 2.17. The molecule has 1 fully saturated rings. The highest BCUT2D eigenvalue weighted by Gasteiger charge is 2.26. The second kappa shape index (κ2) is 11.1. The molecule has 10 heteroatoms. The Morgan fingerprint density at radius 2 is 1.79 bits per heavy atom. The van der Waals surface area contributed by atoms with E-state index in [1.165, 1.54) is 4.31 Å². The summed E-state index contributed by atoms with van der Waals surface area (Å²) in [5.41, 5.74) is 0.774. The Hall–Kier alpha value is -2.17. The van der Waals surface area contributed by atoms with Crippen molar-refractivity contribution >= 4 is 22.0 Å². The average Bonchev–Trinajstić information content (AvgIpc) is 2.73. The molecule has 3 N–H and O–H groups in total. The van der Waals surface area contributed by atoms with Gasteiger partial charge >= 0.3 is 6.03 Å². The maximum Gasteiger partial charge on any atom is 0.315 e. The Morgan fingerprint density at radius 3 is 2.41 bits per heavy atom. The number of carbonyl (C=O) groups excluding carboxylic acids is 2. The summed E-state index contributed by atoms with van der Waals surface area (Å²) in [6.45, 7) is 5.90. The van der Waals surface area contributed by atoms with Crippen LogP contribution in [0.5, 0.6) is 0 Å². The van der Waals surface area contributed by atoms with Crippen LogP contribution in [0.25, 0.3) is 0 Å². The third-order valence-corrected chi connectivity index (χ3v) is 6.55. The molecule has 29 heavy (non-hydrogen) atoms. The van der Waals surface area contributed by atoms with E-state index in [1.807, 2.05) is 13.8 Å². The molecule has 0 bridgehead atoms. The number of morpholine rings is 1. The summed E-state index contributed by atoms with van der Waals surface area (Å²) >= 11 is 0. The van der Waals surface area contributed by atoms with Gasteiger partial charge < -0.3 is 20.7 Å². The Bertz CT molecular complexity index is 776. The maximum absolute atomic E-state index is 12.6. The first-order valence-electron chi connectivity index (χ1n) is 9.81. The third-order valence-electron chi connectivity index (χ3n) is 4.64. The largest absolute Gasteiger partial charge is 0.379 e. The molecule has 162 valence electrons. The lowest BCUT2D eigenvalue weighted by Gasteiger charge is -2.26. The third kappa shape index (κ3) is 7.30. The van der Waals surface area contributed by atoms with Crippen LogP contribution in [0.1, 0.15) is 32.3 Å². The highest BCUT2D eigenvalue weighted by atomic mass is 32.2. The number of carbonyl (C=O) groups is 2. The fourth-order valence-corrected chi connectivity index (χ4v) is 4.11. The summed E-state index contributed by atoms with van der Waals surface area (Å²) in [4.78, 5) is 23.7. The molecule has 0 aliphatic carbocycles. The van der Waals surface area contributed by atoms with Crippen LogP contribution in [0.3, 0.4) is 0 Å². The van der Waals surface area contributed by atoms with Gasteiger partial charge in [-0.2, -0.15) is 4.31 Å². The fraction of sp³-hybridized carbons (Fsp3) is 0.579. The minimum absolute atomic E-state index is 0.100. The smallest absolute Gasteiger partial charge is 0.315 e. The molecule has 1 aromatic rings. The molecule has 1 atom stereocenters. The lowest BCUT2D eigenvalue weighted by molar-refractivity contribution is -0.121. The van der Waals surface area contributed by atoms with Gasteiger partial charge in [-0.05, 0) is 31.0 Å². The second-order valence-corrected chi connectivity index (χ2v) is 8.83. The molecule has 0 radical (unpaired) electrons. The number of nitrogens with one attached hydrogen (secondary N) is 3. The zero-order valence-corrected chi connectivity index (χ0v) is 17.8. The van der Waals surface area contributed by atoms with Crippen molar-refractivity contribution in [3.8, 4) is 0 Å². The van der Waals surface area contributed by atoms with E-state index in [0.717, 1.165) is 12.0 Å². The lowest BCUT2D eigenvalue weighted by Crippen LogP contribution is -2.40. The van der Waals surface area contributed by atoms with Crippen LogP contribution < -0.4 is 16.0 Å². The molecule has 1 aromatic carbocycles. The van der Waals surface area contributed by atoms with Crippen LogP contribution in [-0.2, 0) is 26.1 Å². The molecule has 1 heterocycles. The van der Waals surface area contributed by atoms with Crippen molar-refractivity contribution in [3.05, 3.63) is 29.8 Å². The number of hydrogen-bond donors (Lipinski definition) is 3. The highest BCUT2D eigenvalue weighted by molar-refractivity contribution is 7.89. The quantitative estimate of drug-likeness (QED) is 0.540. The summed E-state index contributed by atoms with van der Waals surface area (Å²) in [7, 11) is -3.53. The molecule has 1 saturated heterocycles. The lowest BCUT2D eigenvalue weighted by atomic mass is 10.2. The van der Waals surface area contributed by atoms with E-state index in [4.69, 9.17) is 4.74 Å². The molecular weight excluding hydrogens is 396 g/mol. The first-order valence-corrected chi connectivity index (χ1v) is 11.2. The number of rotatable bonds is 9. The van der Waals surface area contributed by atoms with Gasteiger partial charge in [-0.15, -0.1) is 0 Å². The van der Waals surface area contributed by atoms with Crippen molar-refractivity contribution < 1.29 is 22.7 Å². The second-order valence-electron chi connectivity index (χ2n) is 6.90. The van der Waals surface area contributed by atoms with Gasteiger partial charge in [0.25, 0.3) is 0 Å². The Balaban J connectivity index is 1.75. The molecule has 3 amide bonds. The first-order chi connectivity index (χ1) is 13.8. The van der Waals surface area contributed by atoms with Crippen LogP contribution in [0, 0.1) is 0 Å². The fourth-order valence-electron chi connectivity index (χ4n) is 2.70. The van der Waals surface area contributed by atoms with Gasteiger partial charge in [0.15, 0.2) is 0 Å². The summed E-state index contributed by atoms with van der Waals surface area (Å²) < 4.78 is 31.8. The topological polar surface area (TPSA) is 117 Å². The van der Waals surface area contributed by atoms with Gasteiger partial charge in [-0.25, -0.2) is 13.2 Å². The first kappa shape index (κ1) is 23.1. The zero-order chi connectivity index (χ0) is 21.3. The van der Waals surface area contributed by atoms with E-state index in [9.17, 15) is 18.0 Å². The van der Waals surface area contributed by atoms with Crippen molar-refractivity contribution in [2.45, 2.75) is 44.2 Å².